The molecule has 6 heterocycles. The summed E-state index contributed by atoms with van der Waals surface area (Å²) in [5.74, 6) is 0.152. The van der Waals surface area contributed by atoms with Gasteiger partial charge in [0.1, 0.15) is 24.2 Å². The Morgan fingerprint density at radius 1 is 0.764 bits per heavy atom. The quantitative estimate of drug-likeness (QED) is 0.149. The Morgan fingerprint density at radius 3 is 1.93 bits per heavy atom. The summed E-state index contributed by atoms with van der Waals surface area (Å²) in [6.07, 6.45) is 9.27. The van der Waals surface area contributed by atoms with E-state index in [1.807, 2.05) is 54.8 Å². The fraction of sp³-hybridized carbons (Fsp3) is 0.154. The molecule has 0 aliphatic carbocycles. The van der Waals surface area contributed by atoms with Gasteiger partial charge in [0, 0.05) is 18.4 Å². The molecule has 9 rings (SSSR count). The molecule has 1 N–H and O–H groups in total. The number of benzene rings is 3. The van der Waals surface area contributed by atoms with Gasteiger partial charge in [-0.15, -0.1) is 16.6 Å². The molecule has 2 aliphatic heterocycles. The summed E-state index contributed by atoms with van der Waals surface area (Å²) in [5.41, 5.74) is 8.45. The second kappa shape index (κ2) is 13.5. The molecule has 0 amide bonds. The first-order valence-electron chi connectivity index (χ1n) is 17.0. The van der Waals surface area contributed by atoms with Crippen LogP contribution in [0.25, 0.3) is 22.7 Å². The number of ketones is 1. The Kier molecular flexibility index (Phi) is 8.45. The molecule has 0 radical (unpaired) electrons. The number of rotatable bonds is 5. The van der Waals surface area contributed by atoms with Gasteiger partial charge in [-0.1, -0.05) is 22.6 Å². The van der Waals surface area contributed by atoms with Crippen molar-refractivity contribution < 1.29 is 28.6 Å². The third kappa shape index (κ3) is 5.83. The van der Waals surface area contributed by atoms with Crippen LogP contribution in [0.4, 0.5) is 4.39 Å². The lowest BCUT2D eigenvalue weighted by molar-refractivity contribution is 0.0517. The molecule has 7 aromatic rings. The number of esters is 1. The maximum Gasteiger partial charge on any atom is 0.360 e. The first-order chi connectivity index (χ1) is 26.6. The van der Waals surface area contributed by atoms with Gasteiger partial charge in [0.2, 0.25) is 5.78 Å². The van der Waals surface area contributed by atoms with Crippen molar-refractivity contribution in [3.8, 4) is 35.1 Å². The van der Waals surface area contributed by atoms with Gasteiger partial charge in [-0.05, 0) is 86.3 Å². The average Bonchev–Trinajstić information content (AvgIpc) is 3.96. The van der Waals surface area contributed by atoms with E-state index in [2.05, 4.69) is 36.5 Å². The summed E-state index contributed by atoms with van der Waals surface area (Å²) in [5, 5.41) is 26.0. The van der Waals surface area contributed by atoms with Crippen molar-refractivity contribution in [1.29, 1.82) is 0 Å². The molecule has 0 saturated carbocycles. The lowest BCUT2D eigenvalue weighted by Gasteiger charge is -2.10. The summed E-state index contributed by atoms with van der Waals surface area (Å²) in [4.78, 5) is 45.3. The van der Waals surface area contributed by atoms with Gasteiger partial charge in [0.15, 0.2) is 17.1 Å². The number of terminal acetylenes is 1. The van der Waals surface area contributed by atoms with E-state index < -0.39 is 17.8 Å². The predicted octanol–water partition coefficient (Wildman–Crippen LogP) is 4.56. The van der Waals surface area contributed by atoms with Crippen molar-refractivity contribution >= 4 is 17.7 Å². The Morgan fingerprint density at radius 2 is 1.33 bits per heavy atom. The number of fused-ring (bicyclic) bond motifs is 10. The first kappa shape index (κ1) is 34.5. The van der Waals surface area contributed by atoms with E-state index in [9.17, 15) is 23.9 Å². The smallest absolute Gasteiger partial charge is 0.360 e. The number of aromatic nitrogens is 10. The number of ether oxygens (including phenoxy) is 1. The zero-order valence-corrected chi connectivity index (χ0v) is 29.6. The van der Waals surface area contributed by atoms with Crippen LogP contribution in [0.3, 0.4) is 0 Å². The standard InChI is InChI=1S/C22H14FN5O.C17H15N5O4/c1-3-16-18-11-20-21(22(29)14-5-7-15(23)8-6-14)25-26-28(20)19-10-13(2)4-9-17(19)27(18)12-24-16;1-3-26-17(25)15-13-7-12-14(16(23)24)18-8-21(12)10-5-4-9(2)6-11(10)22(13)20-19-15/h1,4-10,12H,11H2,2H3;4-6,8H,3,7H2,1-2H3,(H,23,24). The molecule has 0 bridgehead atoms. The number of hydrogen-bond donors (Lipinski definition) is 1. The van der Waals surface area contributed by atoms with E-state index in [1.54, 1.807) is 27.2 Å². The highest BCUT2D eigenvalue weighted by molar-refractivity contribution is 6.08. The number of carboxylic acids is 1. The maximum atomic E-state index is 13.3. The van der Waals surface area contributed by atoms with E-state index in [1.165, 1.54) is 30.6 Å². The van der Waals surface area contributed by atoms with Gasteiger partial charge < -0.3 is 9.84 Å². The van der Waals surface area contributed by atoms with Gasteiger partial charge in [0.25, 0.3) is 0 Å². The molecule has 4 aromatic heterocycles. The molecule has 16 heteroatoms. The minimum atomic E-state index is -1.13. The van der Waals surface area contributed by atoms with Crippen LogP contribution in [-0.4, -0.2) is 78.5 Å². The number of carboxylic acid groups (broad SMARTS) is 1. The molecule has 0 spiro atoms. The summed E-state index contributed by atoms with van der Waals surface area (Å²) in [7, 11) is 0. The minimum Gasteiger partial charge on any atom is -0.476 e. The second-order valence-corrected chi connectivity index (χ2v) is 12.8. The van der Waals surface area contributed by atoms with Crippen LogP contribution >= 0.6 is 0 Å². The minimum absolute atomic E-state index is 0.0685. The van der Waals surface area contributed by atoms with Crippen LogP contribution in [0, 0.1) is 32.0 Å². The van der Waals surface area contributed by atoms with E-state index >= 15 is 0 Å². The Bertz CT molecular complexity index is 2750. The van der Waals surface area contributed by atoms with Crippen molar-refractivity contribution in [2.24, 2.45) is 0 Å². The van der Waals surface area contributed by atoms with E-state index in [4.69, 9.17) is 11.2 Å². The normalized spacial score (nSPS) is 11.8. The topological polar surface area (TPSA) is 178 Å². The van der Waals surface area contributed by atoms with Gasteiger partial charge in [0.05, 0.1) is 52.1 Å². The number of aromatic carboxylic acids is 1. The van der Waals surface area contributed by atoms with Crippen LogP contribution in [0.2, 0.25) is 0 Å². The summed E-state index contributed by atoms with van der Waals surface area (Å²) < 4.78 is 25.2. The van der Waals surface area contributed by atoms with Crippen LogP contribution in [0.15, 0.2) is 73.3 Å². The number of nitrogens with zero attached hydrogens (tertiary/aromatic N) is 10. The molecule has 0 atom stereocenters. The van der Waals surface area contributed by atoms with Crippen LogP contribution in [-0.2, 0) is 17.6 Å². The second-order valence-electron chi connectivity index (χ2n) is 12.8. The highest BCUT2D eigenvalue weighted by Crippen LogP contribution is 2.32. The third-order valence-corrected chi connectivity index (χ3v) is 9.30. The van der Waals surface area contributed by atoms with Crippen molar-refractivity contribution in [2.45, 2.75) is 33.6 Å². The molecule has 0 unspecified atom stereocenters. The molecular weight excluding hydrogens is 707 g/mol. The van der Waals surface area contributed by atoms with Crippen molar-refractivity contribution in [3.05, 3.63) is 141 Å². The molecule has 2 aliphatic rings. The lowest BCUT2D eigenvalue weighted by atomic mass is 10.0. The summed E-state index contributed by atoms with van der Waals surface area (Å²) in [6.45, 7) is 5.83. The molecule has 3 aromatic carbocycles. The SMILES string of the molecule is C#Cc1ncn2c1Cc1c(C(=O)c3ccc(F)cc3)nnn1-c1cc(C)ccc1-2.CCOC(=O)c1nnn2c1Cc1c(C(=O)O)ncn1-c1ccc(C)cc1-2. The molecule has 0 saturated heterocycles. The highest BCUT2D eigenvalue weighted by atomic mass is 19.1. The molecule has 272 valence electrons. The number of carbonyl (C=O) groups is 3. The van der Waals surface area contributed by atoms with Gasteiger partial charge in [-0.3, -0.25) is 13.9 Å². The summed E-state index contributed by atoms with van der Waals surface area (Å²) >= 11 is 0. The number of imidazole rings is 2. The summed E-state index contributed by atoms with van der Waals surface area (Å²) in [6, 6.07) is 17.0. The van der Waals surface area contributed by atoms with Crippen LogP contribution in [0.1, 0.15) is 83.5 Å². The van der Waals surface area contributed by atoms with Gasteiger partial charge >= 0.3 is 11.9 Å². The monoisotopic (exact) mass is 736 g/mol. The van der Waals surface area contributed by atoms with E-state index in [0.717, 1.165) is 28.2 Å². The number of aryl methyl sites for hydroxylation is 2. The maximum absolute atomic E-state index is 13.3. The van der Waals surface area contributed by atoms with Crippen LogP contribution in [0.5, 0.6) is 0 Å². The zero-order valence-electron chi connectivity index (χ0n) is 29.6. The zero-order chi connectivity index (χ0) is 38.5. The molecule has 0 fully saturated rings. The van der Waals surface area contributed by atoms with Crippen molar-refractivity contribution in [1.82, 2.24) is 49.1 Å². The van der Waals surface area contributed by atoms with E-state index in [-0.39, 0.29) is 35.9 Å². The fourth-order valence-corrected chi connectivity index (χ4v) is 6.71. The lowest BCUT2D eigenvalue weighted by Crippen LogP contribution is -2.11. The van der Waals surface area contributed by atoms with E-state index in [0.29, 0.717) is 46.1 Å². The largest absolute Gasteiger partial charge is 0.476 e. The predicted molar refractivity (Wildman–Crippen MR) is 193 cm³/mol. The van der Waals surface area contributed by atoms with Gasteiger partial charge in [-0.25, -0.2) is 33.3 Å². The molecule has 15 nitrogen and oxygen atoms in total. The highest BCUT2D eigenvalue weighted by Gasteiger charge is 2.31. The first-order valence-corrected chi connectivity index (χ1v) is 17.0. The number of halogens is 1. The number of hydrogen-bond acceptors (Lipinski definition) is 10. The molecular formula is C39H29FN10O5. The fourth-order valence-electron chi connectivity index (χ4n) is 6.71. The van der Waals surface area contributed by atoms with Gasteiger partial charge in [-0.2, -0.15) is 0 Å². The Labute approximate surface area is 311 Å². The Hall–Kier alpha value is -7.54. The number of carbonyl (C=O) groups excluding carboxylic acids is 2. The van der Waals surface area contributed by atoms with Crippen molar-refractivity contribution in [3.63, 3.8) is 0 Å². The third-order valence-electron chi connectivity index (χ3n) is 9.30. The average molecular weight is 737 g/mol. The van der Waals surface area contributed by atoms with Crippen LogP contribution < -0.4 is 0 Å². The van der Waals surface area contributed by atoms with Crippen molar-refractivity contribution in [2.75, 3.05) is 6.61 Å². The Balaban J connectivity index is 0.000000156. The molecule has 55 heavy (non-hydrogen) atoms.